The number of carbonyl (C=O) groups excluding carboxylic acids is 4. The molecule has 9 rings (SSSR count). The number of amides is 4. The number of aliphatic hydroxyl groups excluding tert-OH is 1. The maximum Gasteiger partial charge on any atom is 0.246 e. The molecule has 0 saturated carbocycles. The number of likely N-dealkylation sites (tertiary alicyclic amines) is 1. The Hall–Kier alpha value is -6.47. The number of thiazole rings is 1. The topological polar surface area (TPSA) is 214 Å². The Morgan fingerprint density at radius 3 is 2.15 bits per heavy atom. The lowest BCUT2D eigenvalue weighted by Gasteiger charge is -2.42. The van der Waals surface area contributed by atoms with Gasteiger partial charge in [0.1, 0.15) is 17.8 Å². The first-order chi connectivity index (χ1) is 37.6. The van der Waals surface area contributed by atoms with Crippen molar-refractivity contribution in [2.45, 2.75) is 148 Å². The van der Waals surface area contributed by atoms with E-state index in [2.05, 4.69) is 64.8 Å². The fraction of sp³-hybridized carbons (Fsp3) is 0.517. The first-order valence-corrected chi connectivity index (χ1v) is 29.0. The van der Waals surface area contributed by atoms with Gasteiger partial charge in [0.2, 0.25) is 23.6 Å². The van der Waals surface area contributed by atoms with Crippen LogP contribution in [-0.2, 0) is 38.8 Å². The molecule has 416 valence electrons. The van der Waals surface area contributed by atoms with E-state index in [1.54, 1.807) is 23.5 Å². The fourth-order valence-electron chi connectivity index (χ4n) is 11.8. The molecule has 0 spiro atoms. The van der Waals surface area contributed by atoms with E-state index in [1.807, 2.05) is 80.6 Å². The molecule has 4 fully saturated rings. The number of nitrogens with zero attached hydrogens (tertiary/aromatic N) is 8. The standard InChI is InChI=1S/C60H79N11O6S/c1-40-55(78-39-63-40)44-22-20-41(21-23-44)33-62-58(76)51-31-47(72)38-71(51)59(77)56(60(2,3)4)64-53(74)18-9-7-5-6-8-10-19-54(75)68-28-26-67(27-29-68)34-42-14-13-15-43(30-42)35-70-45-24-25-46(70)37-69(36-45)50-32-49(65-66-57(50)61)48-16-11-12-17-52(48)73/h11-17,20-23,30,32,39,45-47,51,56,72-73H,5-10,18-19,24-29,31,33-38H2,1-4H3,(H2,61,66)(H,62,76)(H,64,74)/t45?,46?,47-,51+,56?/m1/s1. The van der Waals surface area contributed by atoms with Crippen molar-refractivity contribution in [3.63, 3.8) is 0 Å². The second-order valence-corrected chi connectivity index (χ2v) is 23.9. The monoisotopic (exact) mass is 1080 g/mol. The van der Waals surface area contributed by atoms with Gasteiger partial charge in [-0.2, -0.15) is 0 Å². The number of nitrogens with one attached hydrogen (secondary N) is 2. The molecule has 4 saturated heterocycles. The summed E-state index contributed by atoms with van der Waals surface area (Å²) >= 11 is 1.58. The summed E-state index contributed by atoms with van der Waals surface area (Å²) < 4.78 is 0. The quantitative estimate of drug-likeness (QED) is 0.0458. The second kappa shape index (κ2) is 25.5. The number of hydrogen-bond donors (Lipinski definition) is 5. The minimum Gasteiger partial charge on any atom is -0.507 e. The molecule has 3 aromatic carbocycles. The van der Waals surface area contributed by atoms with Crippen molar-refractivity contribution >= 4 is 46.5 Å². The summed E-state index contributed by atoms with van der Waals surface area (Å²) in [6.07, 6.45) is 7.72. The summed E-state index contributed by atoms with van der Waals surface area (Å²) in [6, 6.07) is 25.1. The third kappa shape index (κ3) is 14.0. The zero-order valence-corrected chi connectivity index (χ0v) is 46.7. The largest absolute Gasteiger partial charge is 0.507 e. The van der Waals surface area contributed by atoms with Crippen molar-refractivity contribution < 1.29 is 29.4 Å². The Morgan fingerprint density at radius 1 is 0.795 bits per heavy atom. The SMILES string of the molecule is Cc1ncsc1-c1ccc(CNC(=O)[C@@H]2C[C@@H](O)CN2C(=O)C(NC(=O)CCCCCCCCC(=O)N2CCN(Cc3cccc(CN4C5CCC4CN(c4cc(-c6ccccc6O)nnc4N)C5)c3)CC2)C(C)(C)C)cc1. The number of unbranched alkanes of at least 4 members (excludes halogenated alkanes) is 5. The van der Waals surface area contributed by atoms with Gasteiger partial charge in [0.15, 0.2) is 5.82 Å². The predicted octanol–water partition coefficient (Wildman–Crippen LogP) is 7.29. The molecule has 5 aromatic rings. The van der Waals surface area contributed by atoms with Gasteiger partial charge in [0.05, 0.1) is 33.6 Å². The lowest BCUT2D eigenvalue weighted by atomic mass is 9.85. The summed E-state index contributed by atoms with van der Waals surface area (Å²) in [5.41, 5.74) is 15.3. The number of benzene rings is 3. The molecule has 18 heteroatoms. The molecular weight excluding hydrogens is 1000 g/mol. The molecular formula is C60H79N11O6S. The van der Waals surface area contributed by atoms with Gasteiger partial charge in [0, 0.05) is 102 Å². The molecule has 5 atom stereocenters. The van der Waals surface area contributed by atoms with E-state index in [0.29, 0.717) is 42.0 Å². The van der Waals surface area contributed by atoms with Crippen molar-refractivity contribution in [3.8, 4) is 27.4 Å². The number of aromatic nitrogens is 3. The highest BCUT2D eigenvalue weighted by atomic mass is 32.1. The number of carbonyl (C=O) groups is 4. The number of nitrogens with two attached hydrogens (primary N) is 1. The first-order valence-electron chi connectivity index (χ1n) is 28.1. The second-order valence-electron chi connectivity index (χ2n) is 23.0. The van der Waals surface area contributed by atoms with Crippen LogP contribution in [0.4, 0.5) is 11.5 Å². The number of phenolic OH excluding ortho intramolecular Hbond substituents is 1. The van der Waals surface area contributed by atoms with E-state index in [1.165, 1.54) is 16.0 Å². The van der Waals surface area contributed by atoms with Crippen molar-refractivity contribution in [2.24, 2.45) is 5.41 Å². The van der Waals surface area contributed by atoms with Crippen LogP contribution < -0.4 is 21.3 Å². The van der Waals surface area contributed by atoms with Crippen molar-refractivity contribution in [2.75, 3.05) is 56.4 Å². The molecule has 78 heavy (non-hydrogen) atoms. The Bertz CT molecular complexity index is 2850. The van der Waals surface area contributed by atoms with Crippen LogP contribution in [-0.4, -0.2) is 145 Å². The van der Waals surface area contributed by atoms with Crippen LogP contribution in [0.3, 0.4) is 0 Å². The number of nitrogen functional groups attached to an aromatic ring is 1. The van der Waals surface area contributed by atoms with Gasteiger partial charge in [0.25, 0.3) is 0 Å². The Balaban J connectivity index is 0.640. The van der Waals surface area contributed by atoms with Gasteiger partial charge >= 0.3 is 0 Å². The Labute approximate surface area is 463 Å². The van der Waals surface area contributed by atoms with Crippen LogP contribution in [0.5, 0.6) is 5.75 Å². The zero-order chi connectivity index (χ0) is 54.9. The summed E-state index contributed by atoms with van der Waals surface area (Å²) in [5, 5.41) is 35.6. The molecule has 17 nitrogen and oxygen atoms in total. The van der Waals surface area contributed by atoms with E-state index in [4.69, 9.17) is 5.73 Å². The Kier molecular flexibility index (Phi) is 18.4. The van der Waals surface area contributed by atoms with E-state index in [-0.39, 0.29) is 55.3 Å². The third-order valence-corrected chi connectivity index (χ3v) is 17.2. The summed E-state index contributed by atoms with van der Waals surface area (Å²) in [7, 11) is 0. The summed E-state index contributed by atoms with van der Waals surface area (Å²) in [6.45, 7) is 14.6. The third-order valence-electron chi connectivity index (χ3n) is 16.2. The van der Waals surface area contributed by atoms with Gasteiger partial charge in [-0.1, -0.05) is 107 Å². The number of aliphatic hydroxyl groups is 1. The highest BCUT2D eigenvalue weighted by Gasteiger charge is 2.45. The molecule has 4 aliphatic heterocycles. The Morgan fingerprint density at radius 2 is 1.47 bits per heavy atom. The van der Waals surface area contributed by atoms with Crippen LogP contribution in [0.1, 0.15) is 114 Å². The number of piperazine rings is 2. The van der Waals surface area contributed by atoms with Crippen molar-refractivity contribution in [3.05, 3.63) is 107 Å². The van der Waals surface area contributed by atoms with Crippen LogP contribution in [0.15, 0.2) is 84.4 Å². The zero-order valence-electron chi connectivity index (χ0n) is 45.9. The average molecular weight is 1080 g/mol. The summed E-state index contributed by atoms with van der Waals surface area (Å²) in [4.78, 5) is 70.4. The van der Waals surface area contributed by atoms with Gasteiger partial charge in [-0.15, -0.1) is 21.5 Å². The molecule has 3 unspecified atom stereocenters. The predicted molar refractivity (Wildman–Crippen MR) is 305 cm³/mol. The van der Waals surface area contributed by atoms with Crippen molar-refractivity contribution in [1.29, 1.82) is 0 Å². The highest BCUT2D eigenvalue weighted by molar-refractivity contribution is 7.13. The van der Waals surface area contributed by atoms with Gasteiger partial charge in [-0.25, -0.2) is 4.98 Å². The number of phenols is 1. The molecule has 2 aromatic heterocycles. The van der Waals surface area contributed by atoms with E-state index < -0.39 is 23.6 Å². The molecule has 2 bridgehead atoms. The number of aryl methyl sites for hydroxylation is 1. The molecule has 4 aliphatic rings. The maximum atomic E-state index is 14.1. The van der Waals surface area contributed by atoms with Crippen molar-refractivity contribution in [1.82, 2.24) is 45.4 Å². The molecule has 4 amide bonds. The molecule has 0 aliphatic carbocycles. The minimum absolute atomic E-state index is 0.0279. The van der Waals surface area contributed by atoms with Crippen LogP contribution >= 0.6 is 11.3 Å². The number of anilines is 2. The highest BCUT2D eigenvalue weighted by Crippen LogP contribution is 2.38. The van der Waals surface area contributed by atoms with Gasteiger partial charge in [-0.05, 0) is 78.5 Å². The van der Waals surface area contributed by atoms with Gasteiger partial charge < -0.3 is 41.3 Å². The van der Waals surface area contributed by atoms with E-state index in [0.717, 1.165) is 125 Å². The van der Waals surface area contributed by atoms with E-state index >= 15 is 0 Å². The normalized spacial score (nSPS) is 20.2. The van der Waals surface area contributed by atoms with Crippen LogP contribution in [0.25, 0.3) is 21.7 Å². The summed E-state index contributed by atoms with van der Waals surface area (Å²) in [5.74, 6) is -0.104. The van der Waals surface area contributed by atoms with Crippen LogP contribution in [0, 0.1) is 12.3 Å². The fourth-order valence-corrected chi connectivity index (χ4v) is 12.6. The number of rotatable bonds is 21. The first kappa shape index (κ1) is 56.3. The molecule has 6 heterocycles. The van der Waals surface area contributed by atoms with Crippen LogP contribution in [0.2, 0.25) is 0 Å². The molecule has 6 N–H and O–H groups in total. The number of β-amino-alcohol motifs (C(OH)–C–C–N with tert-alkyl or cyclic N) is 1. The molecule has 0 radical (unpaired) electrons. The average Bonchev–Trinajstić information content (AvgIpc) is 4.12. The smallest absolute Gasteiger partial charge is 0.246 e. The van der Waals surface area contributed by atoms with Gasteiger partial charge in [-0.3, -0.25) is 29.0 Å². The lowest BCUT2D eigenvalue weighted by Crippen LogP contribution is -2.57. The number of aromatic hydroxyl groups is 1. The maximum absolute atomic E-state index is 14.1. The minimum atomic E-state index is -0.861. The number of fused-ring (bicyclic) bond motifs is 2. The van der Waals surface area contributed by atoms with E-state index in [9.17, 15) is 29.4 Å². The number of para-hydroxylation sites is 1. The number of hydrogen-bond acceptors (Lipinski definition) is 14. The lowest BCUT2D eigenvalue weighted by molar-refractivity contribution is -0.144.